The van der Waals surface area contributed by atoms with Crippen molar-refractivity contribution in [2.24, 2.45) is 4.99 Å². The van der Waals surface area contributed by atoms with Gasteiger partial charge in [-0.2, -0.15) is 0 Å². The second-order valence-corrected chi connectivity index (χ2v) is 10.2. The first kappa shape index (κ1) is 27.7. The number of hydrogen-bond donors (Lipinski definition) is 1. The summed E-state index contributed by atoms with van der Waals surface area (Å²) in [4.78, 5) is 17.7. The van der Waals surface area contributed by atoms with Crippen LogP contribution in [0, 0.1) is 9.39 Å². The number of thioether (sulfide) groups is 1. The molecule has 0 atom stereocenters. The van der Waals surface area contributed by atoms with Gasteiger partial charge in [-0.1, -0.05) is 42.1 Å². The number of carbonyl (C=O) groups is 1. The Kier molecular flexibility index (Phi) is 9.46. The Balaban J connectivity index is 1.67. The van der Waals surface area contributed by atoms with E-state index in [2.05, 4.69) is 27.6 Å². The predicted octanol–water partition coefficient (Wildman–Crippen LogP) is 7.60. The summed E-state index contributed by atoms with van der Waals surface area (Å²) >= 11 is 3.35. The molecule has 0 amide bonds. The van der Waals surface area contributed by atoms with E-state index in [9.17, 15) is 14.3 Å². The average Bonchev–Trinajstić information content (AvgIpc) is 3.19. The highest BCUT2D eigenvalue weighted by atomic mass is 127. The summed E-state index contributed by atoms with van der Waals surface area (Å²) in [5, 5.41) is 11.4. The van der Waals surface area contributed by atoms with Crippen molar-refractivity contribution >= 4 is 57.1 Å². The van der Waals surface area contributed by atoms with Crippen LogP contribution in [-0.2, 0) is 16.1 Å². The van der Waals surface area contributed by atoms with Gasteiger partial charge in [-0.05, 0) is 90.0 Å². The molecule has 1 heterocycles. The van der Waals surface area contributed by atoms with Crippen molar-refractivity contribution in [3.05, 3.63) is 103 Å². The smallest absolute Gasteiger partial charge is 0.344 e. The summed E-state index contributed by atoms with van der Waals surface area (Å²) in [6, 6.07) is 19.0. The highest BCUT2D eigenvalue weighted by Gasteiger charge is 2.33. The average molecular weight is 645 g/mol. The number of esters is 1. The molecule has 0 radical (unpaired) electrons. The van der Waals surface area contributed by atoms with Gasteiger partial charge in [0.2, 0.25) is 0 Å². The van der Waals surface area contributed by atoms with Crippen LogP contribution in [0.2, 0.25) is 0 Å². The molecule has 0 spiro atoms. The highest BCUT2D eigenvalue weighted by molar-refractivity contribution is 14.1. The van der Waals surface area contributed by atoms with Crippen LogP contribution in [0.1, 0.15) is 25.0 Å². The van der Waals surface area contributed by atoms with Crippen molar-refractivity contribution in [1.82, 2.24) is 0 Å². The van der Waals surface area contributed by atoms with E-state index in [-0.39, 0.29) is 30.4 Å². The molecular formula is C29H25FINO5S. The van der Waals surface area contributed by atoms with Crippen molar-refractivity contribution in [2.45, 2.75) is 20.5 Å². The number of carbonyl (C=O) groups excluding carboxylic acids is 1. The molecule has 4 rings (SSSR count). The topological polar surface area (TPSA) is 77.4 Å². The summed E-state index contributed by atoms with van der Waals surface area (Å²) < 4.78 is 31.1. The second kappa shape index (κ2) is 13.0. The minimum atomic E-state index is -0.635. The Hall–Kier alpha value is -3.31. The standard InChI is InChI=1S/C29H25FINO5S/c1-3-35-23-15-19(14-22(31)27(23)37-17-18-10-12-20(30)13-11-18)16-24-26(33)25(29(34)36-4-2)28(38-24)32-21-8-6-5-7-9-21/h5-16,33H,3-4,17H2,1-2H3/b24-16-,32-28?. The van der Waals surface area contributed by atoms with Crippen molar-refractivity contribution in [1.29, 1.82) is 0 Å². The number of aliphatic hydroxyl groups is 1. The third-order valence-corrected chi connectivity index (χ3v) is 7.10. The number of ether oxygens (including phenoxy) is 3. The lowest BCUT2D eigenvalue weighted by molar-refractivity contribution is -0.138. The van der Waals surface area contributed by atoms with E-state index in [4.69, 9.17) is 14.2 Å². The summed E-state index contributed by atoms with van der Waals surface area (Å²) in [5.41, 5.74) is 2.25. The van der Waals surface area contributed by atoms with Gasteiger partial charge in [0, 0.05) is 0 Å². The van der Waals surface area contributed by atoms with Crippen LogP contribution < -0.4 is 9.47 Å². The summed E-state index contributed by atoms with van der Waals surface area (Å²) in [6.45, 7) is 4.43. The van der Waals surface area contributed by atoms with E-state index < -0.39 is 5.97 Å². The molecule has 3 aromatic rings. The number of nitrogens with zero attached hydrogens (tertiary/aromatic N) is 1. The molecule has 0 fully saturated rings. The molecule has 1 aliphatic rings. The monoisotopic (exact) mass is 645 g/mol. The number of para-hydroxylation sites is 1. The van der Waals surface area contributed by atoms with Gasteiger partial charge in [-0.25, -0.2) is 14.2 Å². The molecule has 0 aromatic heterocycles. The minimum Gasteiger partial charge on any atom is -0.506 e. The van der Waals surface area contributed by atoms with Crippen LogP contribution in [0.15, 0.2) is 88.0 Å². The molecule has 0 unspecified atom stereocenters. The Morgan fingerprint density at radius 3 is 2.47 bits per heavy atom. The maximum absolute atomic E-state index is 13.2. The molecule has 1 aliphatic heterocycles. The molecule has 0 saturated carbocycles. The van der Waals surface area contributed by atoms with Gasteiger partial charge in [0.25, 0.3) is 0 Å². The number of halogens is 2. The Labute approximate surface area is 238 Å². The fourth-order valence-electron chi connectivity index (χ4n) is 3.57. The van der Waals surface area contributed by atoms with Crippen molar-refractivity contribution in [2.75, 3.05) is 13.2 Å². The van der Waals surface area contributed by atoms with E-state index in [1.54, 1.807) is 25.1 Å². The van der Waals surface area contributed by atoms with E-state index in [0.717, 1.165) is 14.7 Å². The van der Waals surface area contributed by atoms with Crippen LogP contribution in [0.3, 0.4) is 0 Å². The fourth-order valence-corrected chi connectivity index (χ4v) is 5.39. The minimum absolute atomic E-state index is 0.0333. The Morgan fingerprint density at radius 2 is 1.79 bits per heavy atom. The molecule has 0 aliphatic carbocycles. The largest absolute Gasteiger partial charge is 0.506 e. The first-order valence-electron chi connectivity index (χ1n) is 11.9. The van der Waals surface area contributed by atoms with Gasteiger partial charge in [-0.3, -0.25) is 0 Å². The number of rotatable bonds is 9. The van der Waals surface area contributed by atoms with Crippen LogP contribution in [-0.4, -0.2) is 29.3 Å². The SMILES string of the molecule is CCOC(=O)C1=C(O)/C(=C/c2cc(I)c(OCc3ccc(F)cc3)c(OCC)c2)SC1=Nc1ccccc1. The summed E-state index contributed by atoms with van der Waals surface area (Å²) in [5.74, 6) is -0.0294. The van der Waals surface area contributed by atoms with Crippen LogP contribution in [0.4, 0.5) is 10.1 Å². The first-order chi connectivity index (χ1) is 18.4. The van der Waals surface area contributed by atoms with Gasteiger partial charge in [-0.15, -0.1) is 0 Å². The van der Waals surface area contributed by atoms with Gasteiger partial charge >= 0.3 is 5.97 Å². The van der Waals surface area contributed by atoms with Gasteiger partial charge in [0.1, 0.15) is 28.8 Å². The number of aliphatic hydroxyl groups excluding tert-OH is 1. The van der Waals surface area contributed by atoms with Crippen LogP contribution in [0.5, 0.6) is 11.5 Å². The first-order valence-corrected chi connectivity index (χ1v) is 13.8. The molecule has 0 bridgehead atoms. The molecule has 1 N–H and O–H groups in total. The van der Waals surface area contributed by atoms with Gasteiger partial charge < -0.3 is 19.3 Å². The quantitative estimate of drug-likeness (QED) is 0.191. The second-order valence-electron chi connectivity index (χ2n) is 7.99. The number of hydrogen-bond acceptors (Lipinski definition) is 7. The van der Waals surface area contributed by atoms with Crippen LogP contribution in [0.25, 0.3) is 6.08 Å². The lowest BCUT2D eigenvalue weighted by Gasteiger charge is -2.15. The van der Waals surface area contributed by atoms with E-state index in [1.165, 1.54) is 23.9 Å². The maximum Gasteiger partial charge on any atom is 0.344 e. The van der Waals surface area contributed by atoms with Gasteiger partial charge in [0.15, 0.2) is 11.5 Å². The lowest BCUT2D eigenvalue weighted by Crippen LogP contribution is -2.12. The van der Waals surface area contributed by atoms with Gasteiger partial charge in [0.05, 0.1) is 27.4 Å². The van der Waals surface area contributed by atoms with Crippen molar-refractivity contribution < 1.29 is 28.5 Å². The Morgan fingerprint density at radius 1 is 1.05 bits per heavy atom. The van der Waals surface area contributed by atoms with Crippen molar-refractivity contribution in [3.8, 4) is 11.5 Å². The molecule has 3 aromatic carbocycles. The molecule has 9 heteroatoms. The fraction of sp³-hybridized carbons (Fsp3) is 0.172. The zero-order chi connectivity index (χ0) is 27.1. The molecular weight excluding hydrogens is 620 g/mol. The number of benzene rings is 3. The summed E-state index contributed by atoms with van der Waals surface area (Å²) in [6.07, 6.45) is 1.77. The van der Waals surface area contributed by atoms with E-state index in [0.29, 0.717) is 33.7 Å². The zero-order valence-corrected chi connectivity index (χ0v) is 23.7. The van der Waals surface area contributed by atoms with Crippen LogP contribution >= 0.6 is 34.4 Å². The lowest BCUT2D eigenvalue weighted by atomic mass is 10.1. The predicted molar refractivity (Wildman–Crippen MR) is 156 cm³/mol. The highest BCUT2D eigenvalue weighted by Crippen LogP contribution is 2.42. The third kappa shape index (κ3) is 6.76. The molecule has 6 nitrogen and oxygen atoms in total. The number of aliphatic imine (C=N–C) groups is 1. The molecule has 38 heavy (non-hydrogen) atoms. The Bertz CT molecular complexity index is 1400. The third-order valence-electron chi connectivity index (χ3n) is 5.28. The normalized spacial score (nSPS) is 15.3. The van der Waals surface area contributed by atoms with E-state index >= 15 is 0 Å². The van der Waals surface area contributed by atoms with E-state index in [1.807, 2.05) is 49.4 Å². The molecule has 0 saturated heterocycles. The summed E-state index contributed by atoms with van der Waals surface area (Å²) in [7, 11) is 0. The zero-order valence-electron chi connectivity index (χ0n) is 20.7. The molecule has 196 valence electrons. The maximum atomic E-state index is 13.2. The van der Waals surface area contributed by atoms with Crippen molar-refractivity contribution in [3.63, 3.8) is 0 Å².